The van der Waals surface area contributed by atoms with Crippen molar-refractivity contribution >= 4 is 22.5 Å². The second kappa shape index (κ2) is 7.75. The number of halogens is 3. The predicted octanol–water partition coefficient (Wildman–Crippen LogP) is 4.59. The Morgan fingerprint density at radius 3 is 2.57 bits per heavy atom. The zero-order valence-corrected chi connectivity index (χ0v) is 15.1. The minimum Gasteiger partial charge on any atom is -0.495 e. The zero-order chi connectivity index (χ0) is 20.3. The van der Waals surface area contributed by atoms with Gasteiger partial charge in [-0.3, -0.25) is 9.78 Å². The van der Waals surface area contributed by atoms with Gasteiger partial charge in [-0.15, -0.1) is 0 Å². The third kappa shape index (κ3) is 4.33. The summed E-state index contributed by atoms with van der Waals surface area (Å²) in [4.78, 5) is 16.4. The van der Waals surface area contributed by atoms with Crippen LogP contribution in [0.25, 0.3) is 10.9 Å². The first-order valence-electron chi connectivity index (χ1n) is 8.32. The first-order valence-corrected chi connectivity index (χ1v) is 8.32. The third-order valence-electron chi connectivity index (χ3n) is 3.97. The molecule has 0 aliphatic heterocycles. The first-order chi connectivity index (χ1) is 13.3. The maximum atomic E-state index is 13.0. The van der Waals surface area contributed by atoms with E-state index in [-0.39, 0.29) is 17.7 Å². The summed E-state index contributed by atoms with van der Waals surface area (Å²) in [6.07, 6.45) is -4.49. The minimum atomic E-state index is -4.49. The molecule has 0 saturated heterocycles. The van der Waals surface area contributed by atoms with Crippen LogP contribution < -0.4 is 14.8 Å². The molecule has 5 nitrogen and oxygen atoms in total. The number of anilines is 1. The van der Waals surface area contributed by atoms with Gasteiger partial charge >= 0.3 is 6.18 Å². The molecule has 0 aliphatic rings. The molecule has 1 amide bonds. The summed E-state index contributed by atoms with van der Waals surface area (Å²) in [6, 6.07) is 11.6. The van der Waals surface area contributed by atoms with E-state index in [0.29, 0.717) is 22.6 Å². The highest BCUT2D eigenvalue weighted by Gasteiger charge is 2.31. The monoisotopic (exact) mass is 390 g/mol. The summed E-state index contributed by atoms with van der Waals surface area (Å²) in [6.45, 7) is 1.31. The molecule has 0 atom stereocenters. The fourth-order valence-corrected chi connectivity index (χ4v) is 2.69. The van der Waals surface area contributed by atoms with Crippen molar-refractivity contribution in [2.24, 2.45) is 0 Å². The molecule has 0 aliphatic carbocycles. The van der Waals surface area contributed by atoms with Crippen LogP contribution in [0.2, 0.25) is 0 Å². The van der Waals surface area contributed by atoms with Gasteiger partial charge in [-0.2, -0.15) is 13.2 Å². The Labute approximate surface area is 159 Å². The van der Waals surface area contributed by atoms with Gasteiger partial charge in [-0.1, -0.05) is 12.1 Å². The van der Waals surface area contributed by atoms with Crippen molar-refractivity contribution in [3.05, 3.63) is 59.8 Å². The summed E-state index contributed by atoms with van der Waals surface area (Å²) in [7, 11) is 1.48. The highest BCUT2D eigenvalue weighted by Crippen LogP contribution is 2.34. The fourth-order valence-electron chi connectivity index (χ4n) is 2.69. The molecule has 1 N–H and O–H groups in total. The number of hydrogen-bond acceptors (Lipinski definition) is 4. The number of amides is 1. The van der Waals surface area contributed by atoms with Crippen LogP contribution in [0.5, 0.6) is 11.5 Å². The van der Waals surface area contributed by atoms with E-state index in [9.17, 15) is 18.0 Å². The average Bonchev–Trinajstić information content (AvgIpc) is 2.65. The second-order valence-corrected chi connectivity index (χ2v) is 6.03. The standard InChI is InChI=1S/C20H17F3N2O3/c1-12-9-18(14-10-13(20(21,22)23)7-8-15(14)24-12)28-11-19(26)25-16-5-3-4-6-17(16)27-2/h3-10H,11H2,1-2H3,(H,25,26). The number of nitrogens with one attached hydrogen (secondary N) is 1. The van der Waals surface area contributed by atoms with E-state index in [1.807, 2.05) is 0 Å². The lowest BCUT2D eigenvalue weighted by atomic mass is 10.1. The Morgan fingerprint density at radius 2 is 1.86 bits per heavy atom. The van der Waals surface area contributed by atoms with Crippen molar-refractivity contribution in [1.82, 2.24) is 4.98 Å². The van der Waals surface area contributed by atoms with Gasteiger partial charge < -0.3 is 14.8 Å². The van der Waals surface area contributed by atoms with Crippen molar-refractivity contribution < 1.29 is 27.4 Å². The summed E-state index contributed by atoms with van der Waals surface area (Å²) < 4.78 is 49.7. The number of methoxy groups -OCH3 is 1. The average molecular weight is 390 g/mol. The molecule has 0 bridgehead atoms. The summed E-state index contributed by atoms with van der Waals surface area (Å²) in [5, 5.41) is 2.83. The van der Waals surface area contributed by atoms with Crippen molar-refractivity contribution in [3.8, 4) is 11.5 Å². The highest BCUT2D eigenvalue weighted by atomic mass is 19.4. The molecular weight excluding hydrogens is 373 g/mol. The number of nitrogens with zero attached hydrogens (tertiary/aromatic N) is 1. The molecule has 28 heavy (non-hydrogen) atoms. The number of carbonyl (C=O) groups excluding carboxylic acids is 1. The van der Waals surface area contributed by atoms with Crippen LogP contribution in [0.3, 0.4) is 0 Å². The van der Waals surface area contributed by atoms with Crippen molar-refractivity contribution in [2.75, 3.05) is 19.0 Å². The Balaban J connectivity index is 1.82. The van der Waals surface area contributed by atoms with Gasteiger partial charge in [0.2, 0.25) is 0 Å². The quantitative estimate of drug-likeness (QED) is 0.692. The molecule has 0 radical (unpaired) electrons. The number of fused-ring (bicyclic) bond motifs is 1. The number of aryl methyl sites for hydroxylation is 1. The SMILES string of the molecule is COc1ccccc1NC(=O)COc1cc(C)nc2ccc(C(F)(F)F)cc12. The van der Waals surface area contributed by atoms with Gasteiger partial charge in [0.25, 0.3) is 5.91 Å². The molecule has 1 heterocycles. The van der Waals surface area contributed by atoms with Gasteiger partial charge in [-0.05, 0) is 37.3 Å². The molecule has 0 fully saturated rings. The predicted molar refractivity (Wildman–Crippen MR) is 98.6 cm³/mol. The fraction of sp³-hybridized carbons (Fsp3) is 0.200. The maximum Gasteiger partial charge on any atom is 0.416 e. The van der Waals surface area contributed by atoms with Crippen LogP contribution in [0, 0.1) is 6.92 Å². The van der Waals surface area contributed by atoms with E-state index < -0.39 is 17.6 Å². The van der Waals surface area contributed by atoms with Gasteiger partial charge in [0.1, 0.15) is 11.5 Å². The molecule has 3 rings (SSSR count). The highest BCUT2D eigenvalue weighted by molar-refractivity contribution is 5.94. The number of rotatable bonds is 5. The largest absolute Gasteiger partial charge is 0.495 e. The Morgan fingerprint density at radius 1 is 1.11 bits per heavy atom. The van der Waals surface area contributed by atoms with Gasteiger partial charge in [-0.25, -0.2) is 0 Å². The summed E-state index contributed by atoms with van der Waals surface area (Å²) in [5.74, 6) is 0.166. The van der Waals surface area contributed by atoms with Gasteiger partial charge in [0, 0.05) is 17.1 Å². The summed E-state index contributed by atoms with van der Waals surface area (Å²) in [5.41, 5.74) is 0.572. The number of aromatic nitrogens is 1. The molecular formula is C20H17F3N2O3. The second-order valence-electron chi connectivity index (χ2n) is 6.03. The van der Waals surface area contributed by atoms with E-state index in [0.717, 1.165) is 12.1 Å². The number of ether oxygens (including phenoxy) is 2. The number of hydrogen-bond donors (Lipinski definition) is 1. The van der Waals surface area contributed by atoms with Crippen LogP contribution in [-0.2, 0) is 11.0 Å². The molecule has 2 aromatic carbocycles. The van der Waals surface area contributed by atoms with E-state index in [2.05, 4.69) is 10.3 Å². The van der Waals surface area contributed by atoms with Crippen LogP contribution in [0.4, 0.5) is 18.9 Å². The van der Waals surface area contributed by atoms with E-state index >= 15 is 0 Å². The molecule has 0 saturated carbocycles. The minimum absolute atomic E-state index is 0.156. The molecule has 8 heteroatoms. The number of para-hydroxylation sites is 2. The Hall–Kier alpha value is -3.29. The van der Waals surface area contributed by atoms with Crippen LogP contribution in [0.1, 0.15) is 11.3 Å². The molecule has 1 aromatic heterocycles. The lowest BCUT2D eigenvalue weighted by Gasteiger charge is -2.13. The van der Waals surface area contributed by atoms with Crippen LogP contribution in [-0.4, -0.2) is 24.6 Å². The Kier molecular flexibility index (Phi) is 5.39. The lowest BCUT2D eigenvalue weighted by molar-refractivity contribution is -0.137. The van der Waals surface area contributed by atoms with E-state index in [4.69, 9.17) is 9.47 Å². The number of pyridine rings is 1. The smallest absolute Gasteiger partial charge is 0.416 e. The van der Waals surface area contributed by atoms with E-state index in [1.165, 1.54) is 19.2 Å². The molecule has 0 spiro atoms. The zero-order valence-electron chi connectivity index (χ0n) is 15.1. The number of alkyl halides is 3. The molecule has 0 unspecified atom stereocenters. The number of carbonyl (C=O) groups is 1. The first kappa shape index (κ1) is 19.5. The van der Waals surface area contributed by atoms with E-state index in [1.54, 1.807) is 31.2 Å². The van der Waals surface area contributed by atoms with Gasteiger partial charge in [0.05, 0.1) is 23.9 Å². The normalized spacial score (nSPS) is 11.3. The molecule has 3 aromatic rings. The molecule has 146 valence electrons. The van der Waals surface area contributed by atoms with Gasteiger partial charge in [0.15, 0.2) is 6.61 Å². The third-order valence-corrected chi connectivity index (χ3v) is 3.97. The van der Waals surface area contributed by atoms with Crippen molar-refractivity contribution in [3.63, 3.8) is 0 Å². The Bertz CT molecular complexity index is 1020. The van der Waals surface area contributed by atoms with Crippen molar-refractivity contribution in [1.29, 1.82) is 0 Å². The van der Waals surface area contributed by atoms with Crippen molar-refractivity contribution in [2.45, 2.75) is 13.1 Å². The topological polar surface area (TPSA) is 60.5 Å². The lowest BCUT2D eigenvalue weighted by Crippen LogP contribution is -2.20. The summed E-state index contributed by atoms with van der Waals surface area (Å²) >= 11 is 0. The number of benzene rings is 2. The maximum absolute atomic E-state index is 13.0. The van der Waals surface area contributed by atoms with Crippen LogP contribution >= 0.6 is 0 Å². The van der Waals surface area contributed by atoms with Crippen LogP contribution in [0.15, 0.2) is 48.5 Å².